The van der Waals surface area contributed by atoms with Gasteiger partial charge in [0.25, 0.3) is 5.56 Å². The molecule has 0 spiro atoms. The van der Waals surface area contributed by atoms with E-state index in [1.165, 1.54) is 6.20 Å². The first-order valence-corrected chi connectivity index (χ1v) is 9.69. The fourth-order valence-electron chi connectivity index (χ4n) is 2.85. The van der Waals surface area contributed by atoms with Gasteiger partial charge in [-0.15, -0.1) is 0 Å². The first-order chi connectivity index (χ1) is 15.6. The van der Waals surface area contributed by atoms with Gasteiger partial charge in [-0.25, -0.2) is 9.78 Å². The molecule has 12 heteroatoms. The van der Waals surface area contributed by atoms with Gasteiger partial charge in [-0.05, 0) is 25.0 Å². The van der Waals surface area contributed by atoms with Crippen molar-refractivity contribution in [2.24, 2.45) is 5.92 Å². The van der Waals surface area contributed by atoms with Gasteiger partial charge in [-0.2, -0.15) is 13.2 Å². The van der Waals surface area contributed by atoms with Crippen molar-refractivity contribution in [3.8, 4) is 0 Å². The van der Waals surface area contributed by atoms with E-state index in [1.54, 1.807) is 18.2 Å². The smallest absolute Gasteiger partial charge is 0.475 e. The molecule has 1 aliphatic carbocycles. The lowest BCUT2D eigenvalue weighted by Gasteiger charge is -2.14. The van der Waals surface area contributed by atoms with Gasteiger partial charge in [0.05, 0.1) is 23.2 Å². The van der Waals surface area contributed by atoms with Gasteiger partial charge in [0.15, 0.2) is 0 Å². The molecular weight excluding hydrogens is 445 g/mol. The molecular formula is C21H19F3N4O5. The Morgan fingerprint density at radius 2 is 1.82 bits per heavy atom. The molecule has 33 heavy (non-hydrogen) atoms. The number of aromatic nitrogens is 2. The highest BCUT2D eigenvalue weighted by Gasteiger charge is 2.38. The van der Waals surface area contributed by atoms with Crippen LogP contribution in [0.1, 0.15) is 18.4 Å². The summed E-state index contributed by atoms with van der Waals surface area (Å²) in [7, 11) is 0. The number of alkyl halides is 3. The number of benzene rings is 1. The van der Waals surface area contributed by atoms with E-state index in [9.17, 15) is 27.9 Å². The molecule has 1 aliphatic rings. The third kappa shape index (κ3) is 6.07. The number of carboxylic acids is 1. The van der Waals surface area contributed by atoms with E-state index >= 15 is 0 Å². The number of fused-ring (bicyclic) bond motifs is 1. The van der Waals surface area contributed by atoms with Crippen molar-refractivity contribution in [2.75, 3.05) is 10.6 Å². The number of aliphatic hydroxyl groups is 1. The Morgan fingerprint density at radius 3 is 2.42 bits per heavy atom. The SMILES string of the molecule is O=C(Nc1cc(Nc2ccccc2CO)c2c(=O)[nH]ccc2n1)C1CC1.O=C(O)C(F)(F)F. The highest BCUT2D eigenvalue weighted by Crippen LogP contribution is 2.31. The molecule has 2 heterocycles. The number of aliphatic carboxylic acids is 1. The van der Waals surface area contributed by atoms with Crippen LogP contribution in [0.15, 0.2) is 47.4 Å². The maximum atomic E-state index is 12.3. The van der Waals surface area contributed by atoms with E-state index < -0.39 is 12.1 Å². The predicted octanol–water partition coefficient (Wildman–Crippen LogP) is 3.14. The van der Waals surface area contributed by atoms with Crippen LogP contribution < -0.4 is 16.2 Å². The molecule has 1 amide bonds. The van der Waals surface area contributed by atoms with Crippen molar-refractivity contribution in [3.63, 3.8) is 0 Å². The van der Waals surface area contributed by atoms with Gasteiger partial charge in [0.2, 0.25) is 5.91 Å². The Bertz CT molecular complexity index is 1240. The van der Waals surface area contributed by atoms with Crippen molar-refractivity contribution in [3.05, 3.63) is 58.5 Å². The Hall–Kier alpha value is -3.93. The molecule has 0 atom stereocenters. The molecule has 4 rings (SSSR count). The number of nitrogens with zero attached hydrogens (tertiary/aromatic N) is 1. The average Bonchev–Trinajstić information content (AvgIpc) is 3.59. The number of carbonyl (C=O) groups is 2. The van der Waals surface area contributed by atoms with Crippen LogP contribution in [0, 0.1) is 5.92 Å². The number of pyridine rings is 2. The summed E-state index contributed by atoms with van der Waals surface area (Å²) < 4.78 is 31.7. The number of rotatable bonds is 5. The average molecular weight is 464 g/mol. The summed E-state index contributed by atoms with van der Waals surface area (Å²) in [6, 6.07) is 10.6. The first kappa shape index (κ1) is 23.7. The van der Waals surface area contributed by atoms with E-state index in [2.05, 4.69) is 20.6 Å². The zero-order valence-electron chi connectivity index (χ0n) is 16.9. The van der Waals surface area contributed by atoms with Gasteiger partial charge in [-0.1, -0.05) is 18.2 Å². The molecule has 1 saturated carbocycles. The van der Waals surface area contributed by atoms with Crippen molar-refractivity contribution in [2.45, 2.75) is 25.6 Å². The summed E-state index contributed by atoms with van der Waals surface area (Å²) in [5, 5.41) is 23.1. The second-order valence-corrected chi connectivity index (χ2v) is 7.13. The fourth-order valence-corrected chi connectivity index (χ4v) is 2.85. The third-order valence-electron chi connectivity index (χ3n) is 4.63. The second kappa shape index (κ2) is 9.69. The van der Waals surface area contributed by atoms with E-state index in [4.69, 9.17) is 9.90 Å². The molecule has 9 nitrogen and oxygen atoms in total. The summed E-state index contributed by atoms with van der Waals surface area (Å²) in [5.74, 6) is -2.36. The number of carboxylic acid groups (broad SMARTS) is 1. The highest BCUT2D eigenvalue weighted by molar-refractivity contribution is 5.98. The van der Waals surface area contributed by atoms with Crippen LogP contribution in [-0.4, -0.2) is 38.2 Å². The molecule has 0 aliphatic heterocycles. The number of aliphatic hydroxyl groups excluding tert-OH is 1. The molecule has 174 valence electrons. The normalized spacial score (nSPS) is 13.1. The van der Waals surface area contributed by atoms with Crippen LogP contribution in [-0.2, 0) is 16.2 Å². The van der Waals surface area contributed by atoms with E-state index in [1.807, 2.05) is 18.2 Å². The van der Waals surface area contributed by atoms with E-state index in [0.717, 1.165) is 12.8 Å². The molecule has 3 aromatic rings. The Labute approximate surface area is 184 Å². The lowest BCUT2D eigenvalue weighted by molar-refractivity contribution is -0.192. The number of aromatic amines is 1. The lowest BCUT2D eigenvalue weighted by atomic mass is 10.1. The van der Waals surface area contributed by atoms with Crippen LogP contribution in [0.3, 0.4) is 0 Å². The molecule has 0 unspecified atom stereocenters. The van der Waals surface area contributed by atoms with E-state index in [0.29, 0.717) is 33.7 Å². The number of anilines is 3. The third-order valence-corrected chi connectivity index (χ3v) is 4.63. The minimum absolute atomic E-state index is 0.0524. The van der Waals surface area contributed by atoms with Gasteiger partial charge in [-0.3, -0.25) is 9.59 Å². The zero-order chi connectivity index (χ0) is 24.2. The molecule has 0 bridgehead atoms. The lowest BCUT2D eigenvalue weighted by Crippen LogP contribution is -2.21. The van der Waals surface area contributed by atoms with Crippen LogP contribution in [0.5, 0.6) is 0 Å². The van der Waals surface area contributed by atoms with Crippen molar-refractivity contribution < 1.29 is 33.0 Å². The van der Waals surface area contributed by atoms with E-state index in [-0.39, 0.29) is 24.0 Å². The fraction of sp³-hybridized carbons (Fsp3) is 0.238. The predicted molar refractivity (Wildman–Crippen MR) is 113 cm³/mol. The second-order valence-electron chi connectivity index (χ2n) is 7.13. The summed E-state index contributed by atoms with van der Waals surface area (Å²) in [6.07, 6.45) is -1.77. The number of carbonyl (C=O) groups excluding carboxylic acids is 1. The monoisotopic (exact) mass is 464 g/mol. The highest BCUT2D eigenvalue weighted by atomic mass is 19.4. The minimum Gasteiger partial charge on any atom is -0.475 e. The first-order valence-electron chi connectivity index (χ1n) is 9.69. The van der Waals surface area contributed by atoms with Crippen LogP contribution in [0.2, 0.25) is 0 Å². The Morgan fingerprint density at radius 1 is 1.15 bits per heavy atom. The molecule has 1 fully saturated rings. The minimum atomic E-state index is -5.08. The van der Waals surface area contributed by atoms with Crippen LogP contribution in [0.25, 0.3) is 10.9 Å². The topological polar surface area (TPSA) is 144 Å². The molecule has 5 N–H and O–H groups in total. The Balaban J connectivity index is 0.000000383. The van der Waals surface area contributed by atoms with Crippen molar-refractivity contribution in [1.29, 1.82) is 0 Å². The van der Waals surface area contributed by atoms with Crippen molar-refractivity contribution in [1.82, 2.24) is 9.97 Å². The number of amides is 1. The summed E-state index contributed by atoms with van der Waals surface area (Å²) in [4.78, 5) is 40.3. The van der Waals surface area contributed by atoms with Crippen LogP contribution in [0.4, 0.5) is 30.4 Å². The molecule has 1 aromatic carbocycles. The van der Waals surface area contributed by atoms with Gasteiger partial charge in [0.1, 0.15) is 5.82 Å². The quantitative estimate of drug-likeness (QED) is 0.390. The molecule has 0 radical (unpaired) electrons. The molecule has 2 aromatic heterocycles. The Kier molecular flexibility index (Phi) is 6.97. The van der Waals surface area contributed by atoms with Crippen LogP contribution >= 0.6 is 0 Å². The largest absolute Gasteiger partial charge is 0.490 e. The van der Waals surface area contributed by atoms with Crippen molar-refractivity contribution >= 4 is 40.0 Å². The zero-order valence-corrected chi connectivity index (χ0v) is 16.9. The standard InChI is InChI=1S/C19H18N4O3.C2HF3O2/c24-10-12-3-1-2-4-13(12)21-15-9-16(23-18(25)11-5-6-11)22-14-7-8-20-19(26)17(14)15;3-2(4,5)1(6)7/h1-4,7-9,11,24H,5-6,10H2,(H,20,26)(H2,21,22,23,25);(H,6,7). The number of hydrogen-bond acceptors (Lipinski definition) is 6. The number of H-pyrrole nitrogens is 1. The summed E-state index contributed by atoms with van der Waals surface area (Å²) in [5.41, 5.74) is 2.10. The number of hydrogen-bond donors (Lipinski definition) is 5. The maximum Gasteiger partial charge on any atom is 0.490 e. The maximum absolute atomic E-state index is 12.3. The number of halogens is 3. The number of nitrogens with one attached hydrogen (secondary N) is 3. The van der Waals surface area contributed by atoms with Gasteiger partial charge < -0.3 is 25.8 Å². The molecule has 0 saturated heterocycles. The van der Waals surface area contributed by atoms with Gasteiger partial charge in [0, 0.05) is 29.4 Å². The summed E-state index contributed by atoms with van der Waals surface area (Å²) in [6.45, 7) is -0.131. The summed E-state index contributed by atoms with van der Waals surface area (Å²) >= 11 is 0. The van der Waals surface area contributed by atoms with Gasteiger partial charge >= 0.3 is 12.1 Å². The number of para-hydroxylation sites is 1.